The number of hydrogen-bond donors (Lipinski definition) is 1. The molecule has 0 aliphatic heterocycles. The number of carbonyl (C=O) groups is 1. The van der Waals surface area contributed by atoms with Gasteiger partial charge < -0.3 is 14.6 Å². The number of furan rings is 1. The van der Waals surface area contributed by atoms with Crippen molar-refractivity contribution in [2.45, 2.75) is 45.7 Å². The number of rotatable bonds is 7. The molecule has 0 bridgehead atoms. The fourth-order valence-corrected chi connectivity index (χ4v) is 1.77. The Balaban J connectivity index is 2.49. The minimum Gasteiger partial charge on any atom is -0.467 e. The van der Waals surface area contributed by atoms with Crippen molar-refractivity contribution in [3.63, 3.8) is 0 Å². The Bertz CT molecular complexity index is 441. The average Bonchev–Trinajstić information content (AvgIpc) is 2.85. The summed E-state index contributed by atoms with van der Waals surface area (Å²) in [6, 6.07) is 5.70. The first kappa shape index (κ1) is 16.3. The summed E-state index contributed by atoms with van der Waals surface area (Å²) in [4.78, 5) is 13.9. The molecule has 1 amide bonds. The second-order valence-corrected chi connectivity index (χ2v) is 5.73. The largest absolute Gasteiger partial charge is 0.467 e. The van der Waals surface area contributed by atoms with Crippen molar-refractivity contribution in [2.24, 2.45) is 0 Å². The van der Waals surface area contributed by atoms with Crippen LogP contribution in [0.1, 0.15) is 39.4 Å². The van der Waals surface area contributed by atoms with Gasteiger partial charge in [0.25, 0.3) is 0 Å². The number of hydrogen-bond acceptors (Lipinski definition) is 4. The fourth-order valence-electron chi connectivity index (χ4n) is 1.77. The minimum atomic E-state index is -0.00121. The summed E-state index contributed by atoms with van der Waals surface area (Å²) in [5.74, 6) is 0.772. The Hall–Kier alpha value is -1.80. The first-order valence-electron chi connectivity index (χ1n) is 6.84. The van der Waals surface area contributed by atoms with Crippen LogP contribution < -0.4 is 5.32 Å². The summed E-state index contributed by atoms with van der Waals surface area (Å²) in [7, 11) is 0. The van der Waals surface area contributed by atoms with Crippen LogP contribution in [0.4, 0.5) is 0 Å². The number of nitrogens with one attached hydrogen (secondary N) is 1. The molecule has 0 aliphatic rings. The maximum atomic E-state index is 12.2. The van der Waals surface area contributed by atoms with E-state index in [2.05, 4.69) is 32.2 Å². The predicted octanol–water partition coefficient (Wildman–Crippen LogP) is 2.30. The Morgan fingerprint density at radius 3 is 2.80 bits per heavy atom. The smallest absolute Gasteiger partial charge is 0.224 e. The summed E-state index contributed by atoms with van der Waals surface area (Å²) < 4.78 is 5.26. The number of carbonyl (C=O) groups excluding carboxylic acids is 1. The monoisotopic (exact) mass is 277 g/mol. The molecule has 0 saturated heterocycles. The highest BCUT2D eigenvalue weighted by atomic mass is 16.3. The van der Waals surface area contributed by atoms with Crippen LogP contribution in [-0.2, 0) is 11.3 Å². The highest BCUT2D eigenvalue weighted by Crippen LogP contribution is 2.08. The average molecular weight is 277 g/mol. The van der Waals surface area contributed by atoms with E-state index in [-0.39, 0.29) is 11.4 Å². The van der Waals surface area contributed by atoms with E-state index in [1.54, 1.807) is 17.2 Å². The van der Waals surface area contributed by atoms with Crippen LogP contribution in [0.5, 0.6) is 0 Å². The van der Waals surface area contributed by atoms with Crippen LogP contribution in [0.15, 0.2) is 22.8 Å². The second-order valence-electron chi connectivity index (χ2n) is 5.73. The van der Waals surface area contributed by atoms with E-state index >= 15 is 0 Å². The molecule has 0 unspecified atom stereocenters. The van der Waals surface area contributed by atoms with E-state index in [4.69, 9.17) is 9.68 Å². The molecule has 0 atom stereocenters. The molecule has 5 nitrogen and oxygen atoms in total. The van der Waals surface area contributed by atoms with E-state index < -0.39 is 0 Å². The van der Waals surface area contributed by atoms with Crippen molar-refractivity contribution in [1.29, 1.82) is 5.26 Å². The summed E-state index contributed by atoms with van der Waals surface area (Å²) in [5, 5.41) is 12.0. The molecule has 20 heavy (non-hydrogen) atoms. The third kappa shape index (κ3) is 6.39. The van der Waals surface area contributed by atoms with E-state index in [1.807, 2.05) is 6.07 Å². The SMILES string of the molecule is CC(C)(C)NCCC(=O)N(CCC#N)Cc1ccco1. The molecule has 0 saturated carbocycles. The molecule has 0 aliphatic carbocycles. The highest BCUT2D eigenvalue weighted by Gasteiger charge is 2.16. The normalized spacial score (nSPS) is 11.1. The number of amides is 1. The molecule has 1 aromatic rings. The van der Waals surface area contributed by atoms with Gasteiger partial charge in [0.1, 0.15) is 5.76 Å². The standard InChI is InChI=1S/C15H23N3O2/c1-15(2,3)17-9-7-14(19)18(10-5-8-16)12-13-6-4-11-20-13/h4,6,11,17H,5,7,9-10,12H2,1-3H3. The molecule has 0 aromatic carbocycles. The number of nitriles is 1. The van der Waals surface area contributed by atoms with Gasteiger partial charge in [0.2, 0.25) is 5.91 Å². The van der Waals surface area contributed by atoms with Gasteiger partial charge in [-0.1, -0.05) is 0 Å². The van der Waals surface area contributed by atoms with E-state index in [9.17, 15) is 4.79 Å². The first-order valence-corrected chi connectivity index (χ1v) is 6.84. The zero-order chi connectivity index (χ0) is 15.0. The van der Waals surface area contributed by atoms with Crippen LogP contribution in [0, 0.1) is 11.3 Å². The van der Waals surface area contributed by atoms with Gasteiger partial charge in [0.15, 0.2) is 0 Å². The van der Waals surface area contributed by atoms with Crippen LogP contribution in [0.2, 0.25) is 0 Å². The second kappa shape index (κ2) is 7.71. The lowest BCUT2D eigenvalue weighted by Gasteiger charge is -2.23. The molecule has 1 heterocycles. The third-order valence-corrected chi connectivity index (χ3v) is 2.77. The van der Waals surface area contributed by atoms with Gasteiger partial charge in [-0.3, -0.25) is 4.79 Å². The molecular formula is C15H23N3O2. The summed E-state index contributed by atoms with van der Waals surface area (Å²) >= 11 is 0. The quantitative estimate of drug-likeness (QED) is 0.830. The molecule has 110 valence electrons. The molecular weight excluding hydrogens is 254 g/mol. The lowest BCUT2D eigenvalue weighted by Crippen LogP contribution is -2.39. The zero-order valence-electron chi connectivity index (χ0n) is 12.5. The summed E-state index contributed by atoms with van der Waals surface area (Å²) in [6.07, 6.45) is 2.34. The number of nitrogens with zero attached hydrogens (tertiary/aromatic N) is 2. The van der Waals surface area contributed by atoms with Gasteiger partial charge in [-0.2, -0.15) is 5.26 Å². The third-order valence-electron chi connectivity index (χ3n) is 2.77. The maximum absolute atomic E-state index is 12.2. The van der Waals surface area contributed by atoms with Gasteiger partial charge in [-0.05, 0) is 32.9 Å². The van der Waals surface area contributed by atoms with Gasteiger partial charge in [-0.15, -0.1) is 0 Å². The molecule has 0 radical (unpaired) electrons. The topological polar surface area (TPSA) is 69.3 Å². The van der Waals surface area contributed by atoms with Crippen molar-refractivity contribution >= 4 is 5.91 Å². The predicted molar refractivity (Wildman–Crippen MR) is 76.7 cm³/mol. The van der Waals surface area contributed by atoms with Crippen molar-refractivity contribution in [3.05, 3.63) is 24.2 Å². The van der Waals surface area contributed by atoms with Crippen LogP contribution in [0.3, 0.4) is 0 Å². The Morgan fingerprint density at radius 1 is 1.50 bits per heavy atom. The molecule has 1 N–H and O–H groups in total. The molecule has 5 heteroatoms. The highest BCUT2D eigenvalue weighted by molar-refractivity contribution is 5.76. The van der Waals surface area contributed by atoms with Gasteiger partial charge >= 0.3 is 0 Å². The first-order chi connectivity index (χ1) is 9.42. The van der Waals surface area contributed by atoms with E-state index in [0.29, 0.717) is 32.5 Å². The van der Waals surface area contributed by atoms with E-state index in [0.717, 1.165) is 5.76 Å². The minimum absolute atomic E-state index is 0.00121. The fraction of sp³-hybridized carbons (Fsp3) is 0.600. The van der Waals surface area contributed by atoms with Crippen LogP contribution >= 0.6 is 0 Å². The van der Waals surface area contributed by atoms with E-state index in [1.165, 1.54) is 0 Å². The molecule has 0 spiro atoms. The Morgan fingerprint density at radius 2 is 2.25 bits per heavy atom. The van der Waals surface area contributed by atoms with Crippen molar-refractivity contribution < 1.29 is 9.21 Å². The summed E-state index contributed by atoms with van der Waals surface area (Å²) in [6.45, 7) is 7.67. The molecule has 1 rings (SSSR count). The van der Waals surface area contributed by atoms with Crippen molar-refractivity contribution in [1.82, 2.24) is 10.2 Å². The molecule has 0 fully saturated rings. The molecule has 1 aromatic heterocycles. The van der Waals surface area contributed by atoms with Gasteiger partial charge in [0, 0.05) is 25.0 Å². The van der Waals surface area contributed by atoms with Crippen molar-refractivity contribution in [3.8, 4) is 6.07 Å². The zero-order valence-corrected chi connectivity index (χ0v) is 12.5. The van der Waals surface area contributed by atoms with Crippen LogP contribution in [0.25, 0.3) is 0 Å². The van der Waals surface area contributed by atoms with Crippen molar-refractivity contribution in [2.75, 3.05) is 13.1 Å². The summed E-state index contributed by atoms with van der Waals surface area (Å²) in [5.41, 5.74) is -0.00121. The van der Waals surface area contributed by atoms with Gasteiger partial charge in [-0.25, -0.2) is 0 Å². The Labute approximate surface area is 120 Å². The maximum Gasteiger partial charge on any atom is 0.224 e. The lowest BCUT2D eigenvalue weighted by molar-refractivity contribution is -0.131. The van der Waals surface area contributed by atoms with Crippen LogP contribution in [-0.4, -0.2) is 29.4 Å². The Kier molecular flexibility index (Phi) is 6.26. The lowest BCUT2D eigenvalue weighted by atomic mass is 10.1. The van der Waals surface area contributed by atoms with Gasteiger partial charge in [0.05, 0.1) is 25.3 Å².